The van der Waals surface area contributed by atoms with E-state index in [-0.39, 0.29) is 28.6 Å². The Bertz CT molecular complexity index is 1260. The molecule has 0 spiro atoms. The van der Waals surface area contributed by atoms with Crippen molar-refractivity contribution in [2.24, 2.45) is 0 Å². The highest BCUT2D eigenvalue weighted by molar-refractivity contribution is 7.13. The second kappa shape index (κ2) is 7.97. The summed E-state index contributed by atoms with van der Waals surface area (Å²) in [5, 5.41) is 12.2. The number of nitrogens with one attached hydrogen (secondary N) is 1. The predicted octanol–water partition coefficient (Wildman–Crippen LogP) is 4.58. The molecule has 0 radical (unpaired) electrons. The van der Waals surface area contributed by atoms with Gasteiger partial charge in [-0.05, 0) is 31.4 Å². The van der Waals surface area contributed by atoms with Crippen molar-refractivity contribution >= 4 is 34.5 Å². The van der Waals surface area contributed by atoms with Gasteiger partial charge in [-0.2, -0.15) is 23.4 Å². The zero-order chi connectivity index (χ0) is 22.3. The number of fused-ring (bicyclic) bond motifs is 1. The summed E-state index contributed by atoms with van der Waals surface area (Å²) in [6, 6.07) is 4.26. The van der Waals surface area contributed by atoms with Crippen molar-refractivity contribution in [1.82, 2.24) is 29.7 Å². The number of aryl methyl sites for hydroxylation is 2. The van der Waals surface area contributed by atoms with Gasteiger partial charge in [-0.3, -0.25) is 9.48 Å². The number of amides is 1. The van der Waals surface area contributed by atoms with E-state index in [0.717, 1.165) is 17.3 Å². The molecule has 162 valence electrons. The fraction of sp³-hybridized carbons (Fsp3) is 0.263. The molecule has 0 aliphatic rings. The minimum Gasteiger partial charge on any atom is -0.346 e. The maximum Gasteiger partial charge on any atom is 0.433 e. The Morgan fingerprint density at radius 2 is 2.10 bits per heavy atom. The van der Waals surface area contributed by atoms with Crippen LogP contribution in [0.5, 0.6) is 0 Å². The summed E-state index contributed by atoms with van der Waals surface area (Å²) in [6.45, 7) is 4.54. The first-order chi connectivity index (χ1) is 14.7. The van der Waals surface area contributed by atoms with E-state index in [1.54, 1.807) is 35.3 Å². The van der Waals surface area contributed by atoms with Crippen LogP contribution in [0.4, 0.5) is 13.2 Å². The number of aromatic nitrogens is 5. The Balaban J connectivity index is 1.72. The number of nitrogens with zero attached hydrogens (tertiary/aromatic N) is 5. The highest BCUT2D eigenvalue weighted by Gasteiger charge is 2.36. The molecule has 0 aromatic carbocycles. The van der Waals surface area contributed by atoms with E-state index >= 15 is 0 Å². The topological polar surface area (TPSA) is 77.1 Å². The SMILES string of the molecule is CCn1cc(CNC(=O)c2nn3c(C(F)(F)F)cc(-c4cccs4)nc3c2Cl)c(C)n1. The minimum absolute atomic E-state index is 0.103. The van der Waals surface area contributed by atoms with Gasteiger partial charge in [0.2, 0.25) is 0 Å². The van der Waals surface area contributed by atoms with Gasteiger partial charge in [-0.1, -0.05) is 17.7 Å². The molecular formula is C19H16ClF3N6OS. The molecular weight excluding hydrogens is 453 g/mol. The lowest BCUT2D eigenvalue weighted by Crippen LogP contribution is -2.24. The molecule has 0 unspecified atom stereocenters. The van der Waals surface area contributed by atoms with Crippen molar-refractivity contribution in [1.29, 1.82) is 0 Å². The molecule has 7 nitrogen and oxygen atoms in total. The summed E-state index contributed by atoms with van der Waals surface area (Å²) in [6.07, 6.45) is -2.93. The Labute approximate surface area is 183 Å². The van der Waals surface area contributed by atoms with Gasteiger partial charge in [0.05, 0.1) is 16.3 Å². The molecule has 0 atom stereocenters. The first-order valence-electron chi connectivity index (χ1n) is 9.20. The number of hydrogen-bond donors (Lipinski definition) is 1. The summed E-state index contributed by atoms with van der Waals surface area (Å²) in [5.41, 5.74) is -0.00861. The normalized spacial score (nSPS) is 11.9. The van der Waals surface area contributed by atoms with Crippen molar-refractivity contribution in [3.05, 3.63) is 57.4 Å². The number of carbonyl (C=O) groups excluding carboxylic acids is 1. The van der Waals surface area contributed by atoms with Crippen molar-refractivity contribution in [3.8, 4) is 10.6 Å². The van der Waals surface area contributed by atoms with Gasteiger partial charge < -0.3 is 5.32 Å². The third-order valence-electron chi connectivity index (χ3n) is 4.62. The molecule has 12 heteroatoms. The molecule has 0 bridgehead atoms. The van der Waals surface area contributed by atoms with Crippen LogP contribution in [0.15, 0.2) is 29.8 Å². The number of carbonyl (C=O) groups is 1. The number of halogens is 4. The Hall–Kier alpha value is -2.92. The van der Waals surface area contributed by atoms with Crippen LogP contribution in [0.1, 0.15) is 34.4 Å². The van der Waals surface area contributed by atoms with Crippen LogP contribution in [0.3, 0.4) is 0 Å². The van der Waals surface area contributed by atoms with Crippen LogP contribution in [0.2, 0.25) is 5.02 Å². The second-order valence-corrected chi connectivity index (χ2v) is 8.00. The zero-order valence-corrected chi connectivity index (χ0v) is 17.9. The Morgan fingerprint density at radius 3 is 2.71 bits per heavy atom. The Morgan fingerprint density at radius 1 is 1.32 bits per heavy atom. The van der Waals surface area contributed by atoms with Crippen LogP contribution in [0.25, 0.3) is 16.2 Å². The predicted molar refractivity (Wildman–Crippen MR) is 110 cm³/mol. The van der Waals surface area contributed by atoms with Crippen LogP contribution in [0, 0.1) is 6.92 Å². The third kappa shape index (κ3) is 4.02. The maximum absolute atomic E-state index is 13.7. The summed E-state index contributed by atoms with van der Waals surface area (Å²) >= 11 is 7.50. The van der Waals surface area contributed by atoms with E-state index in [9.17, 15) is 18.0 Å². The molecule has 0 fully saturated rings. The standard InChI is InChI=1S/C19H16ClF3N6OS/c1-3-28-9-11(10(2)26-28)8-24-18(30)16-15(20)17-25-12(13-5-4-6-31-13)7-14(19(21,22)23)29(17)27-16/h4-7,9H,3,8H2,1-2H3,(H,24,30). The van der Waals surface area contributed by atoms with Gasteiger partial charge in [0, 0.05) is 24.8 Å². The molecule has 1 amide bonds. The maximum atomic E-state index is 13.7. The molecule has 4 aromatic rings. The van der Waals surface area contributed by atoms with E-state index < -0.39 is 17.8 Å². The van der Waals surface area contributed by atoms with Gasteiger partial charge in [0.1, 0.15) is 5.02 Å². The van der Waals surface area contributed by atoms with Crippen LogP contribution in [-0.4, -0.2) is 30.3 Å². The van der Waals surface area contributed by atoms with E-state index in [1.165, 1.54) is 11.3 Å². The van der Waals surface area contributed by atoms with Crippen molar-refractivity contribution in [3.63, 3.8) is 0 Å². The van der Waals surface area contributed by atoms with Crippen molar-refractivity contribution < 1.29 is 18.0 Å². The quantitative estimate of drug-likeness (QED) is 0.465. The van der Waals surface area contributed by atoms with Crippen LogP contribution in [-0.2, 0) is 19.3 Å². The summed E-state index contributed by atoms with van der Waals surface area (Å²) < 4.78 is 43.4. The van der Waals surface area contributed by atoms with Crippen molar-refractivity contribution in [2.45, 2.75) is 33.1 Å². The van der Waals surface area contributed by atoms with E-state index in [0.29, 0.717) is 15.9 Å². The summed E-state index contributed by atoms with van der Waals surface area (Å²) in [5.74, 6) is -0.704. The number of hydrogen-bond acceptors (Lipinski definition) is 5. The highest BCUT2D eigenvalue weighted by Crippen LogP contribution is 2.35. The van der Waals surface area contributed by atoms with Gasteiger partial charge in [0.25, 0.3) is 5.91 Å². The minimum atomic E-state index is -4.72. The molecule has 1 N–H and O–H groups in total. The lowest BCUT2D eigenvalue weighted by Gasteiger charge is -2.10. The van der Waals surface area contributed by atoms with Crippen molar-refractivity contribution in [2.75, 3.05) is 0 Å². The fourth-order valence-corrected chi connectivity index (χ4v) is 3.98. The van der Waals surface area contributed by atoms with Gasteiger partial charge in [0.15, 0.2) is 17.0 Å². The van der Waals surface area contributed by atoms with Crippen LogP contribution >= 0.6 is 22.9 Å². The molecule has 0 saturated carbocycles. The second-order valence-electron chi connectivity index (χ2n) is 6.68. The van der Waals surface area contributed by atoms with Crippen LogP contribution < -0.4 is 5.32 Å². The fourth-order valence-electron chi connectivity index (χ4n) is 3.04. The third-order valence-corrected chi connectivity index (χ3v) is 5.86. The zero-order valence-electron chi connectivity index (χ0n) is 16.4. The average molecular weight is 469 g/mol. The lowest BCUT2D eigenvalue weighted by molar-refractivity contribution is -0.142. The molecule has 4 aromatic heterocycles. The van der Waals surface area contributed by atoms with E-state index in [1.807, 2.05) is 6.92 Å². The smallest absolute Gasteiger partial charge is 0.346 e. The Kier molecular flexibility index (Phi) is 5.48. The highest BCUT2D eigenvalue weighted by atomic mass is 35.5. The van der Waals surface area contributed by atoms with Gasteiger partial charge in [-0.25, -0.2) is 9.50 Å². The first-order valence-corrected chi connectivity index (χ1v) is 10.5. The van der Waals surface area contributed by atoms with Gasteiger partial charge >= 0.3 is 6.18 Å². The van der Waals surface area contributed by atoms with E-state index in [2.05, 4.69) is 20.5 Å². The van der Waals surface area contributed by atoms with Gasteiger partial charge in [-0.15, -0.1) is 11.3 Å². The molecule has 0 aliphatic carbocycles. The molecule has 31 heavy (non-hydrogen) atoms. The average Bonchev–Trinajstić information content (AvgIpc) is 3.44. The summed E-state index contributed by atoms with van der Waals surface area (Å²) in [4.78, 5) is 17.4. The first kappa shape index (κ1) is 21.3. The number of thiophene rings is 1. The summed E-state index contributed by atoms with van der Waals surface area (Å²) in [7, 11) is 0. The monoisotopic (exact) mass is 468 g/mol. The molecule has 0 saturated heterocycles. The number of rotatable bonds is 5. The largest absolute Gasteiger partial charge is 0.433 e. The van der Waals surface area contributed by atoms with E-state index in [4.69, 9.17) is 11.6 Å². The molecule has 4 heterocycles. The molecule has 4 rings (SSSR count). The molecule has 0 aliphatic heterocycles. The number of alkyl halides is 3. The lowest BCUT2D eigenvalue weighted by atomic mass is 10.2.